The summed E-state index contributed by atoms with van der Waals surface area (Å²) >= 11 is 1.80. The zero-order chi connectivity index (χ0) is 14.4. The maximum atomic E-state index is 6.38. The van der Waals surface area contributed by atoms with E-state index in [1.807, 2.05) is 18.3 Å². The molecule has 3 nitrogen and oxygen atoms in total. The van der Waals surface area contributed by atoms with Crippen molar-refractivity contribution in [1.82, 2.24) is 9.88 Å². The van der Waals surface area contributed by atoms with E-state index >= 15 is 0 Å². The van der Waals surface area contributed by atoms with Crippen LogP contribution in [-0.2, 0) is 6.54 Å². The molecule has 2 unspecified atom stereocenters. The van der Waals surface area contributed by atoms with Gasteiger partial charge < -0.3 is 5.73 Å². The van der Waals surface area contributed by atoms with Gasteiger partial charge in [0.2, 0.25) is 0 Å². The van der Waals surface area contributed by atoms with E-state index in [9.17, 15) is 0 Å². The van der Waals surface area contributed by atoms with E-state index in [1.165, 1.54) is 4.88 Å². The van der Waals surface area contributed by atoms with E-state index in [0.29, 0.717) is 0 Å². The third-order valence-electron chi connectivity index (χ3n) is 3.61. The highest BCUT2D eigenvalue weighted by Crippen LogP contribution is 2.26. The molecular formula is C16H23N3S. The highest BCUT2D eigenvalue weighted by Gasteiger charge is 2.26. The fourth-order valence-corrected chi connectivity index (χ4v) is 3.19. The van der Waals surface area contributed by atoms with E-state index in [2.05, 4.69) is 47.3 Å². The van der Waals surface area contributed by atoms with Crippen LogP contribution in [0, 0.1) is 0 Å². The maximum absolute atomic E-state index is 6.38. The zero-order valence-corrected chi connectivity index (χ0v) is 13.0. The normalized spacial score (nSPS) is 14.4. The van der Waals surface area contributed by atoms with Crippen LogP contribution in [0.5, 0.6) is 0 Å². The second-order valence-electron chi connectivity index (χ2n) is 4.91. The summed E-state index contributed by atoms with van der Waals surface area (Å²) in [5, 5.41) is 2.12. The van der Waals surface area contributed by atoms with Crippen LogP contribution in [0.4, 0.5) is 0 Å². The van der Waals surface area contributed by atoms with Crippen molar-refractivity contribution >= 4 is 11.3 Å². The lowest BCUT2D eigenvalue weighted by atomic mass is 10.0. The summed E-state index contributed by atoms with van der Waals surface area (Å²) in [7, 11) is 0. The van der Waals surface area contributed by atoms with Crippen LogP contribution in [0.3, 0.4) is 0 Å². The molecule has 20 heavy (non-hydrogen) atoms. The quantitative estimate of drug-likeness (QED) is 0.849. The summed E-state index contributed by atoms with van der Waals surface area (Å²) in [5.41, 5.74) is 7.45. The Balaban J connectivity index is 2.24. The number of nitrogens with zero attached hydrogens (tertiary/aromatic N) is 2. The Morgan fingerprint density at radius 1 is 1.25 bits per heavy atom. The first kappa shape index (κ1) is 15.2. The topological polar surface area (TPSA) is 42.1 Å². The van der Waals surface area contributed by atoms with Crippen molar-refractivity contribution in [1.29, 1.82) is 0 Å². The van der Waals surface area contributed by atoms with Crippen molar-refractivity contribution in [3.8, 4) is 0 Å². The fraction of sp³-hybridized carbons (Fsp3) is 0.438. The molecule has 2 aromatic rings. The molecule has 108 valence electrons. The van der Waals surface area contributed by atoms with Gasteiger partial charge in [0, 0.05) is 23.7 Å². The predicted molar refractivity (Wildman–Crippen MR) is 85.6 cm³/mol. The van der Waals surface area contributed by atoms with Crippen LogP contribution in [-0.4, -0.2) is 22.5 Å². The average Bonchev–Trinajstić information content (AvgIpc) is 3.00. The third-order valence-corrected chi connectivity index (χ3v) is 4.47. The predicted octanol–water partition coefficient (Wildman–Crippen LogP) is 3.44. The van der Waals surface area contributed by atoms with Gasteiger partial charge in [0.25, 0.3) is 0 Å². The maximum Gasteiger partial charge on any atom is 0.0676 e. The summed E-state index contributed by atoms with van der Waals surface area (Å²) < 4.78 is 0. The van der Waals surface area contributed by atoms with Crippen molar-refractivity contribution in [3.63, 3.8) is 0 Å². The van der Waals surface area contributed by atoms with E-state index in [1.54, 1.807) is 11.3 Å². The van der Waals surface area contributed by atoms with Gasteiger partial charge in [-0.2, -0.15) is 0 Å². The molecule has 2 N–H and O–H groups in total. The van der Waals surface area contributed by atoms with Crippen LogP contribution < -0.4 is 5.73 Å². The molecular weight excluding hydrogens is 266 g/mol. The van der Waals surface area contributed by atoms with Gasteiger partial charge in [-0.05, 0) is 36.5 Å². The number of nitrogens with two attached hydrogens (primary N) is 1. The molecule has 0 amide bonds. The fourth-order valence-electron chi connectivity index (χ4n) is 2.46. The van der Waals surface area contributed by atoms with Gasteiger partial charge in [-0.25, -0.2) is 0 Å². The first-order valence-corrected chi connectivity index (χ1v) is 8.07. The largest absolute Gasteiger partial charge is 0.326 e. The molecule has 0 aromatic carbocycles. The second-order valence-corrected chi connectivity index (χ2v) is 5.95. The third kappa shape index (κ3) is 3.66. The van der Waals surface area contributed by atoms with Crippen molar-refractivity contribution in [2.75, 3.05) is 6.54 Å². The van der Waals surface area contributed by atoms with Gasteiger partial charge in [0.1, 0.15) is 0 Å². The van der Waals surface area contributed by atoms with Gasteiger partial charge in [-0.1, -0.05) is 26.0 Å². The number of pyridine rings is 1. The summed E-state index contributed by atoms with van der Waals surface area (Å²) in [5.74, 6) is 0. The molecule has 0 radical (unpaired) electrons. The van der Waals surface area contributed by atoms with Crippen LogP contribution in [0.2, 0.25) is 0 Å². The SMILES string of the molecule is CCC(N)C(c1ccccn1)N(CC)Cc1cccs1. The molecule has 0 spiro atoms. The van der Waals surface area contributed by atoms with Crippen molar-refractivity contribution in [2.24, 2.45) is 5.73 Å². The molecule has 4 heteroatoms. The average molecular weight is 289 g/mol. The highest BCUT2D eigenvalue weighted by atomic mass is 32.1. The Kier molecular flexibility index (Phi) is 5.71. The van der Waals surface area contributed by atoms with Crippen molar-refractivity contribution in [3.05, 3.63) is 52.5 Å². The summed E-state index contributed by atoms with van der Waals surface area (Å²) in [6.45, 7) is 6.22. The number of likely N-dealkylation sites (N-methyl/N-ethyl adjacent to an activating group) is 1. The Hall–Kier alpha value is -1.23. The van der Waals surface area contributed by atoms with Crippen LogP contribution in [0.15, 0.2) is 41.9 Å². The second kappa shape index (κ2) is 7.53. The van der Waals surface area contributed by atoms with Crippen LogP contribution in [0.1, 0.15) is 36.9 Å². The molecule has 0 aliphatic carbocycles. The lowest BCUT2D eigenvalue weighted by Crippen LogP contribution is -2.40. The lowest BCUT2D eigenvalue weighted by molar-refractivity contribution is 0.167. The minimum absolute atomic E-state index is 0.102. The minimum Gasteiger partial charge on any atom is -0.326 e. The smallest absolute Gasteiger partial charge is 0.0676 e. The summed E-state index contributed by atoms with van der Waals surface area (Å²) in [6, 6.07) is 10.6. The number of hydrogen-bond acceptors (Lipinski definition) is 4. The summed E-state index contributed by atoms with van der Waals surface area (Å²) in [6.07, 6.45) is 2.80. The van der Waals surface area contributed by atoms with Gasteiger partial charge in [0.15, 0.2) is 0 Å². The molecule has 2 heterocycles. The van der Waals surface area contributed by atoms with Gasteiger partial charge >= 0.3 is 0 Å². The van der Waals surface area contributed by atoms with Crippen molar-refractivity contribution < 1.29 is 0 Å². The Bertz CT molecular complexity index is 484. The van der Waals surface area contributed by atoms with Crippen LogP contribution >= 0.6 is 11.3 Å². The Morgan fingerprint density at radius 2 is 2.10 bits per heavy atom. The van der Waals surface area contributed by atoms with E-state index in [4.69, 9.17) is 5.73 Å². The van der Waals surface area contributed by atoms with Gasteiger partial charge in [0.05, 0.1) is 11.7 Å². The molecule has 2 aromatic heterocycles. The molecule has 0 bridgehead atoms. The molecule has 0 aliphatic heterocycles. The monoisotopic (exact) mass is 289 g/mol. The molecule has 0 fully saturated rings. The molecule has 0 saturated carbocycles. The number of rotatable bonds is 7. The lowest BCUT2D eigenvalue weighted by Gasteiger charge is -2.33. The van der Waals surface area contributed by atoms with Crippen LogP contribution in [0.25, 0.3) is 0 Å². The molecule has 2 rings (SSSR count). The van der Waals surface area contributed by atoms with E-state index in [0.717, 1.165) is 25.2 Å². The molecule has 0 saturated heterocycles. The number of aromatic nitrogens is 1. The molecule has 2 atom stereocenters. The standard InChI is InChI=1S/C16H23N3S/c1-3-14(17)16(15-9-5-6-10-18-15)19(4-2)12-13-8-7-11-20-13/h5-11,14,16H,3-4,12,17H2,1-2H3. The Morgan fingerprint density at radius 3 is 2.65 bits per heavy atom. The number of hydrogen-bond donors (Lipinski definition) is 1. The summed E-state index contributed by atoms with van der Waals surface area (Å²) in [4.78, 5) is 8.32. The Labute approximate surface area is 125 Å². The highest BCUT2D eigenvalue weighted by molar-refractivity contribution is 7.09. The molecule has 0 aliphatic rings. The first-order valence-electron chi connectivity index (χ1n) is 7.19. The van der Waals surface area contributed by atoms with Gasteiger partial charge in [-0.15, -0.1) is 11.3 Å². The number of thiophene rings is 1. The van der Waals surface area contributed by atoms with E-state index < -0.39 is 0 Å². The van der Waals surface area contributed by atoms with E-state index in [-0.39, 0.29) is 12.1 Å². The van der Waals surface area contributed by atoms with Gasteiger partial charge in [-0.3, -0.25) is 9.88 Å². The van der Waals surface area contributed by atoms with Crippen molar-refractivity contribution in [2.45, 2.75) is 38.9 Å². The first-order chi connectivity index (χ1) is 9.76. The minimum atomic E-state index is 0.102. The zero-order valence-electron chi connectivity index (χ0n) is 12.2.